The van der Waals surface area contributed by atoms with Gasteiger partial charge in [0.05, 0.1) is 19.3 Å². The van der Waals surface area contributed by atoms with E-state index in [1.165, 1.54) is 0 Å². The molecule has 0 spiro atoms. The maximum absolute atomic E-state index is 13.1. The summed E-state index contributed by atoms with van der Waals surface area (Å²) >= 11 is 0. The van der Waals surface area contributed by atoms with Crippen LogP contribution in [-0.2, 0) is 4.74 Å². The lowest BCUT2D eigenvalue weighted by atomic mass is 10.0. The van der Waals surface area contributed by atoms with Crippen LogP contribution in [0.5, 0.6) is 17.2 Å². The molecule has 1 amide bonds. The third-order valence-corrected chi connectivity index (χ3v) is 4.72. The van der Waals surface area contributed by atoms with Gasteiger partial charge in [-0.25, -0.2) is 0 Å². The van der Waals surface area contributed by atoms with Crippen LogP contribution in [0.3, 0.4) is 0 Å². The number of carbonyl (C=O) groups is 1. The van der Waals surface area contributed by atoms with Gasteiger partial charge in [0.2, 0.25) is 5.75 Å². The number of nitrogens with zero attached hydrogens (tertiary/aromatic N) is 1. The average molecular weight is 370 g/mol. The zero-order valence-corrected chi connectivity index (χ0v) is 15.4. The lowest BCUT2D eigenvalue weighted by Gasteiger charge is -2.38. The quantitative estimate of drug-likeness (QED) is 0.873. The van der Waals surface area contributed by atoms with Gasteiger partial charge in [0.25, 0.3) is 5.91 Å². The molecule has 2 aromatic carbocycles. The Kier molecular flexibility index (Phi) is 4.77. The Morgan fingerprint density at radius 1 is 1.19 bits per heavy atom. The van der Waals surface area contributed by atoms with Crippen molar-refractivity contribution in [2.75, 3.05) is 45.9 Å². The average Bonchev–Trinajstić information content (AvgIpc) is 2.72. The van der Waals surface area contributed by atoms with E-state index in [-0.39, 0.29) is 12.1 Å². The highest BCUT2D eigenvalue weighted by Crippen LogP contribution is 2.43. The van der Waals surface area contributed by atoms with Crippen LogP contribution < -0.4 is 19.5 Å². The Bertz CT molecular complexity index is 837. The first-order chi connectivity index (χ1) is 13.2. The number of benzene rings is 2. The SMILES string of the molecule is COCCN1C(=O)c2ccccc2NC1c1cc(OC)c2c(c1)OCCO2. The van der Waals surface area contributed by atoms with Gasteiger partial charge in [-0.05, 0) is 24.3 Å². The summed E-state index contributed by atoms with van der Waals surface area (Å²) in [6.45, 7) is 1.86. The lowest BCUT2D eigenvalue weighted by Crippen LogP contribution is -2.44. The molecule has 0 aliphatic carbocycles. The van der Waals surface area contributed by atoms with Crippen molar-refractivity contribution in [3.63, 3.8) is 0 Å². The van der Waals surface area contributed by atoms with Crippen LogP contribution in [-0.4, -0.2) is 51.4 Å². The van der Waals surface area contributed by atoms with Gasteiger partial charge in [-0.2, -0.15) is 0 Å². The van der Waals surface area contributed by atoms with Crippen LogP contribution in [0.4, 0.5) is 5.69 Å². The molecule has 2 aliphatic rings. The first kappa shape index (κ1) is 17.5. The van der Waals surface area contributed by atoms with Crippen molar-refractivity contribution in [2.24, 2.45) is 0 Å². The van der Waals surface area contributed by atoms with Gasteiger partial charge >= 0.3 is 0 Å². The van der Waals surface area contributed by atoms with Crippen molar-refractivity contribution in [2.45, 2.75) is 6.17 Å². The monoisotopic (exact) mass is 370 g/mol. The molecule has 0 radical (unpaired) electrons. The number of nitrogens with one attached hydrogen (secondary N) is 1. The van der Waals surface area contributed by atoms with E-state index in [1.54, 1.807) is 19.1 Å². The van der Waals surface area contributed by atoms with Gasteiger partial charge in [0, 0.05) is 24.9 Å². The first-order valence-electron chi connectivity index (χ1n) is 8.86. The molecule has 2 heterocycles. The summed E-state index contributed by atoms with van der Waals surface area (Å²) in [5.41, 5.74) is 2.31. The largest absolute Gasteiger partial charge is 0.493 e. The molecule has 1 atom stereocenters. The van der Waals surface area contributed by atoms with Crippen LogP contribution in [0, 0.1) is 0 Å². The van der Waals surface area contributed by atoms with E-state index in [0.29, 0.717) is 49.2 Å². The van der Waals surface area contributed by atoms with Crippen molar-refractivity contribution in [1.82, 2.24) is 4.90 Å². The minimum absolute atomic E-state index is 0.0414. The summed E-state index contributed by atoms with van der Waals surface area (Å²) in [7, 11) is 3.21. The van der Waals surface area contributed by atoms with Gasteiger partial charge in [-0.15, -0.1) is 0 Å². The minimum Gasteiger partial charge on any atom is -0.493 e. The van der Waals surface area contributed by atoms with E-state index >= 15 is 0 Å². The van der Waals surface area contributed by atoms with Crippen LogP contribution in [0.1, 0.15) is 22.1 Å². The summed E-state index contributed by atoms with van der Waals surface area (Å²) in [5, 5.41) is 3.46. The number of methoxy groups -OCH3 is 2. The van der Waals surface area contributed by atoms with Crippen molar-refractivity contribution in [3.05, 3.63) is 47.5 Å². The predicted molar refractivity (Wildman–Crippen MR) is 99.7 cm³/mol. The first-order valence-corrected chi connectivity index (χ1v) is 8.86. The standard InChI is InChI=1S/C20H22N2O5/c1-24-8-7-22-19(21-15-6-4-3-5-14(15)20(22)23)13-11-16(25-2)18-17(12-13)26-9-10-27-18/h3-6,11-12,19,21H,7-10H2,1-2H3. The fraction of sp³-hybridized carbons (Fsp3) is 0.350. The van der Waals surface area contributed by atoms with E-state index < -0.39 is 0 Å². The molecule has 0 aromatic heterocycles. The van der Waals surface area contributed by atoms with Gasteiger partial charge in [-0.1, -0.05) is 12.1 Å². The van der Waals surface area contributed by atoms with Crippen LogP contribution >= 0.6 is 0 Å². The van der Waals surface area contributed by atoms with Gasteiger partial charge in [0.15, 0.2) is 11.5 Å². The summed E-state index contributed by atoms with van der Waals surface area (Å²) in [6.07, 6.45) is -0.368. The molecule has 0 bridgehead atoms. The van der Waals surface area contributed by atoms with Crippen molar-refractivity contribution in [1.29, 1.82) is 0 Å². The fourth-order valence-corrected chi connectivity index (χ4v) is 3.43. The molecule has 7 nitrogen and oxygen atoms in total. The highest BCUT2D eigenvalue weighted by Gasteiger charge is 2.34. The number of ether oxygens (including phenoxy) is 4. The van der Waals surface area contributed by atoms with Crippen molar-refractivity contribution >= 4 is 11.6 Å². The molecule has 4 rings (SSSR count). The number of anilines is 1. The smallest absolute Gasteiger partial charge is 0.257 e. The lowest BCUT2D eigenvalue weighted by molar-refractivity contribution is 0.0608. The Balaban J connectivity index is 1.77. The van der Waals surface area contributed by atoms with Crippen LogP contribution in [0.2, 0.25) is 0 Å². The summed E-state index contributed by atoms with van der Waals surface area (Å²) in [6, 6.07) is 11.3. The van der Waals surface area contributed by atoms with E-state index in [1.807, 2.05) is 36.4 Å². The van der Waals surface area contributed by atoms with Crippen LogP contribution in [0.15, 0.2) is 36.4 Å². The van der Waals surface area contributed by atoms with Crippen LogP contribution in [0.25, 0.3) is 0 Å². The normalized spacial score (nSPS) is 17.9. The molecule has 0 fully saturated rings. The third kappa shape index (κ3) is 3.14. The highest BCUT2D eigenvalue weighted by molar-refractivity contribution is 6.01. The second-order valence-electron chi connectivity index (χ2n) is 6.33. The second kappa shape index (κ2) is 7.36. The number of fused-ring (bicyclic) bond motifs is 2. The number of rotatable bonds is 5. The molecule has 1 N–H and O–H groups in total. The summed E-state index contributed by atoms with van der Waals surface area (Å²) in [5.74, 6) is 1.76. The maximum Gasteiger partial charge on any atom is 0.257 e. The number of carbonyl (C=O) groups excluding carboxylic acids is 1. The van der Waals surface area contributed by atoms with Gasteiger partial charge < -0.3 is 29.2 Å². The molecule has 0 saturated carbocycles. The molecule has 2 aromatic rings. The molecule has 2 aliphatic heterocycles. The number of hydrogen-bond acceptors (Lipinski definition) is 6. The Morgan fingerprint density at radius 2 is 2.00 bits per heavy atom. The molecule has 142 valence electrons. The molecular formula is C20H22N2O5. The Labute approximate surface area is 157 Å². The Morgan fingerprint density at radius 3 is 2.81 bits per heavy atom. The van der Waals surface area contributed by atoms with E-state index in [2.05, 4.69) is 5.32 Å². The highest BCUT2D eigenvalue weighted by atomic mass is 16.6. The van der Waals surface area contributed by atoms with Crippen molar-refractivity contribution < 1.29 is 23.7 Å². The fourth-order valence-electron chi connectivity index (χ4n) is 3.43. The van der Waals surface area contributed by atoms with Gasteiger partial charge in [-0.3, -0.25) is 4.79 Å². The minimum atomic E-state index is -0.368. The van der Waals surface area contributed by atoms with E-state index in [4.69, 9.17) is 18.9 Å². The van der Waals surface area contributed by atoms with E-state index in [0.717, 1.165) is 11.3 Å². The Hall–Kier alpha value is -2.93. The predicted octanol–water partition coefficient (Wildman–Crippen LogP) is 2.68. The second-order valence-corrected chi connectivity index (χ2v) is 6.33. The summed E-state index contributed by atoms with van der Waals surface area (Å²) in [4.78, 5) is 14.9. The molecule has 0 saturated heterocycles. The number of hydrogen-bond donors (Lipinski definition) is 1. The zero-order valence-electron chi connectivity index (χ0n) is 15.4. The molecule has 7 heteroatoms. The molecule has 1 unspecified atom stereocenters. The maximum atomic E-state index is 13.1. The number of amides is 1. The summed E-state index contributed by atoms with van der Waals surface area (Å²) < 4.78 is 22.1. The topological polar surface area (TPSA) is 69.3 Å². The van der Waals surface area contributed by atoms with Crippen molar-refractivity contribution in [3.8, 4) is 17.2 Å². The molecule has 27 heavy (non-hydrogen) atoms. The van der Waals surface area contributed by atoms with E-state index in [9.17, 15) is 4.79 Å². The molecular weight excluding hydrogens is 348 g/mol. The third-order valence-electron chi connectivity index (χ3n) is 4.72. The number of para-hydroxylation sites is 1. The van der Waals surface area contributed by atoms with Gasteiger partial charge in [0.1, 0.15) is 19.4 Å². The zero-order chi connectivity index (χ0) is 18.8.